The number of allylic oxidation sites excluding steroid dienone is 1. The van der Waals surface area contributed by atoms with Gasteiger partial charge in [-0.15, -0.1) is 0 Å². The topological polar surface area (TPSA) is 40.6 Å². The number of benzene rings is 1. The van der Waals surface area contributed by atoms with E-state index >= 15 is 0 Å². The Balaban J connectivity index is 1.65. The van der Waals surface area contributed by atoms with Crippen molar-refractivity contribution in [2.45, 2.75) is 26.8 Å². The zero-order valence-corrected chi connectivity index (χ0v) is 17.1. The van der Waals surface area contributed by atoms with Crippen molar-refractivity contribution in [2.75, 3.05) is 31.9 Å². The van der Waals surface area contributed by atoms with Crippen molar-refractivity contribution in [3.05, 3.63) is 46.5 Å². The van der Waals surface area contributed by atoms with Crippen LogP contribution < -0.4 is 0 Å². The lowest BCUT2D eigenvalue weighted by atomic mass is 9.85. The molecule has 0 saturated carbocycles. The Morgan fingerprint density at radius 2 is 1.65 bits per heavy atom. The minimum atomic E-state index is -0.0488. The van der Waals surface area contributed by atoms with E-state index in [2.05, 4.69) is 23.6 Å². The summed E-state index contributed by atoms with van der Waals surface area (Å²) in [6.45, 7) is 10.0. The Kier molecular flexibility index (Phi) is 5.95. The Bertz CT molecular complexity index is 778. The smallest absolute Gasteiger partial charge is 0.191 e. The van der Waals surface area contributed by atoms with Crippen LogP contribution >= 0.6 is 24.0 Å². The van der Waals surface area contributed by atoms with E-state index in [0.29, 0.717) is 34.1 Å². The number of Topliss-reactive ketones (excluding diaryl/α,β-unsaturated/α-hetero) is 2. The third-order valence-electron chi connectivity index (χ3n) is 5.13. The second-order valence-corrected chi connectivity index (χ2v) is 8.59. The largest absolute Gasteiger partial charge is 0.355 e. The average molecular weight is 389 g/mol. The molecule has 138 valence electrons. The number of fused-ring (bicyclic) bond motifs is 1. The van der Waals surface area contributed by atoms with Gasteiger partial charge in [-0.05, 0) is 20.8 Å². The predicted octanol–water partition coefficient (Wildman–Crippen LogP) is 3.43. The van der Waals surface area contributed by atoms with E-state index < -0.39 is 0 Å². The summed E-state index contributed by atoms with van der Waals surface area (Å²) >= 11 is 7.07. The summed E-state index contributed by atoms with van der Waals surface area (Å²) < 4.78 is 0.813. The molecular weight excluding hydrogens is 364 g/mol. The molecule has 0 amide bonds. The molecule has 0 spiro atoms. The molecule has 4 nitrogen and oxygen atoms in total. The van der Waals surface area contributed by atoms with Crippen LogP contribution in [-0.4, -0.2) is 63.7 Å². The van der Waals surface area contributed by atoms with E-state index in [-0.39, 0.29) is 11.6 Å². The fourth-order valence-electron chi connectivity index (χ4n) is 3.37. The molecule has 2 aliphatic rings. The number of carbonyl (C=O) groups excluding carboxylic acids is 2. The third-order valence-corrected chi connectivity index (χ3v) is 6.68. The van der Waals surface area contributed by atoms with Gasteiger partial charge in [0.2, 0.25) is 0 Å². The van der Waals surface area contributed by atoms with Crippen LogP contribution in [0.2, 0.25) is 0 Å². The number of rotatable bonds is 3. The summed E-state index contributed by atoms with van der Waals surface area (Å²) in [5, 5.41) is 0. The maximum atomic E-state index is 12.8. The molecule has 0 N–H and O–H groups in total. The number of hydrogen-bond acceptors (Lipinski definition) is 5. The maximum absolute atomic E-state index is 12.8. The van der Waals surface area contributed by atoms with Gasteiger partial charge in [0.05, 0.1) is 0 Å². The van der Waals surface area contributed by atoms with Crippen LogP contribution in [0.5, 0.6) is 0 Å². The van der Waals surface area contributed by atoms with Crippen LogP contribution in [0.3, 0.4) is 0 Å². The fraction of sp³-hybridized carbons (Fsp3) is 0.450. The van der Waals surface area contributed by atoms with Crippen LogP contribution in [0, 0.1) is 0 Å². The predicted molar refractivity (Wildman–Crippen MR) is 111 cm³/mol. The van der Waals surface area contributed by atoms with Gasteiger partial charge < -0.3 is 4.90 Å². The molecule has 0 bridgehead atoms. The minimum absolute atomic E-state index is 0.0439. The summed E-state index contributed by atoms with van der Waals surface area (Å²) in [6, 6.07) is 7.60. The number of thioether (sulfide) groups is 1. The van der Waals surface area contributed by atoms with Gasteiger partial charge in [-0.25, -0.2) is 0 Å². The normalized spacial score (nSPS) is 18.5. The van der Waals surface area contributed by atoms with Crippen LogP contribution in [0.15, 0.2) is 35.4 Å². The van der Waals surface area contributed by atoms with Crippen molar-refractivity contribution in [1.29, 1.82) is 0 Å². The maximum Gasteiger partial charge on any atom is 0.191 e. The van der Waals surface area contributed by atoms with E-state index in [1.165, 1.54) is 11.8 Å². The molecule has 1 aromatic carbocycles. The van der Waals surface area contributed by atoms with Gasteiger partial charge in [0.1, 0.15) is 4.32 Å². The van der Waals surface area contributed by atoms with E-state index in [9.17, 15) is 9.59 Å². The highest BCUT2D eigenvalue weighted by molar-refractivity contribution is 8.23. The number of nitrogens with zero attached hydrogens (tertiary/aromatic N) is 2. The highest BCUT2D eigenvalue weighted by Crippen LogP contribution is 2.29. The van der Waals surface area contributed by atoms with Gasteiger partial charge in [0, 0.05) is 60.2 Å². The van der Waals surface area contributed by atoms with Crippen molar-refractivity contribution < 1.29 is 9.59 Å². The summed E-state index contributed by atoms with van der Waals surface area (Å²) in [6.07, 6.45) is 0. The second kappa shape index (κ2) is 8.03. The van der Waals surface area contributed by atoms with Gasteiger partial charge in [-0.3, -0.25) is 14.5 Å². The first-order valence-electron chi connectivity index (χ1n) is 8.94. The number of thiocarbonyl (C=S) groups is 1. The first kappa shape index (κ1) is 19.3. The van der Waals surface area contributed by atoms with Crippen molar-refractivity contribution in [3.8, 4) is 0 Å². The first-order chi connectivity index (χ1) is 12.4. The minimum Gasteiger partial charge on any atom is -0.355 e. The molecule has 0 radical (unpaired) electrons. The van der Waals surface area contributed by atoms with Gasteiger partial charge in [0.25, 0.3) is 0 Å². The van der Waals surface area contributed by atoms with E-state index in [1.54, 1.807) is 31.2 Å². The summed E-state index contributed by atoms with van der Waals surface area (Å²) in [4.78, 5) is 30.0. The highest BCUT2D eigenvalue weighted by atomic mass is 32.2. The number of piperazine rings is 1. The van der Waals surface area contributed by atoms with Crippen LogP contribution in [0.25, 0.3) is 0 Å². The Hall–Kier alpha value is -1.50. The Morgan fingerprint density at radius 3 is 2.23 bits per heavy atom. The monoisotopic (exact) mass is 388 g/mol. The molecule has 26 heavy (non-hydrogen) atoms. The van der Waals surface area contributed by atoms with Crippen molar-refractivity contribution >= 4 is 39.9 Å². The van der Waals surface area contributed by atoms with E-state index in [4.69, 9.17) is 12.2 Å². The van der Waals surface area contributed by atoms with Gasteiger partial charge in [0.15, 0.2) is 11.6 Å². The Morgan fingerprint density at radius 1 is 1.08 bits per heavy atom. The van der Waals surface area contributed by atoms with Crippen LogP contribution in [0.1, 0.15) is 41.5 Å². The van der Waals surface area contributed by atoms with Crippen molar-refractivity contribution in [2.24, 2.45) is 0 Å². The third kappa shape index (κ3) is 3.77. The molecule has 6 heteroatoms. The standard InChI is InChI=1S/C20H24N2O2S2/c1-13(2)21-8-10-22(11-9-21)20(25)26-12-17-14(3)18(23)15-6-4-5-7-16(15)19(17)24/h4-7,13H,8-12H2,1-3H3. The molecule has 1 saturated heterocycles. The lowest BCUT2D eigenvalue weighted by molar-refractivity contribution is 0.0975. The molecule has 1 heterocycles. The molecule has 1 aliphatic heterocycles. The van der Waals surface area contributed by atoms with Gasteiger partial charge in [-0.2, -0.15) is 0 Å². The molecule has 1 aromatic rings. The average Bonchev–Trinajstić information content (AvgIpc) is 2.66. The molecule has 3 rings (SSSR count). The van der Waals surface area contributed by atoms with Gasteiger partial charge >= 0.3 is 0 Å². The SMILES string of the molecule is CC1=C(CSC(=S)N2CCN(C(C)C)CC2)C(=O)c2ccccc2C1=O. The van der Waals surface area contributed by atoms with Crippen molar-refractivity contribution in [1.82, 2.24) is 9.80 Å². The Labute approximate surface area is 164 Å². The molecule has 0 atom stereocenters. The summed E-state index contributed by atoms with van der Waals surface area (Å²) in [7, 11) is 0. The molecule has 1 aliphatic carbocycles. The zero-order chi connectivity index (χ0) is 18.8. The fourth-order valence-corrected chi connectivity index (χ4v) is 4.71. The van der Waals surface area contributed by atoms with Gasteiger partial charge in [-0.1, -0.05) is 48.2 Å². The van der Waals surface area contributed by atoms with Crippen LogP contribution in [0.4, 0.5) is 0 Å². The number of carbonyl (C=O) groups is 2. The van der Waals surface area contributed by atoms with E-state index in [0.717, 1.165) is 30.5 Å². The molecule has 0 aromatic heterocycles. The lowest BCUT2D eigenvalue weighted by Gasteiger charge is -2.38. The number of hydrogen-bond donors (Lipinski definition) is 0. The summed E-state index contributed by atoms with van der Waals surface area (Å²) in [5.41, 5.74) is 2.15. The van der Waals surface area contributed by atoms with Crippen LogP contribution in [-0.2, 0) is 0 Å². The van der Waals surface area contributed by atoms with E-state index in [1.807, 2.05) is 0 Å². The molecule has 1 fully saturated rings. The zero-order valence-electron chi connectivity index (χ0n) is 15.4. The summed E-state index contributed by atoms with van der Waals surface area (Å²) in [5.74, 6) is 0.360. The quantitative estimate of drug-likeness (QED) is 0.739. The second-order valence-electron chi connectivity index (χ2n) is 6.98. The highest BCUT2D eigenvalue weighted by Gasteiger charge is 2.30. The first-order valence-corrected chi connectivity index (χ1v) is 10.3. The van der Waals surface area contributed by atoms with Crippen molar-refractivity contribution in [3.63, 3.8) is 0 Å². The number of ketones is 2. The lowest BCUT2D eigenvalue weighted by Crippen LogP contribution is -2.49. The molecule has 0 unspecified atom stereocenters. The molecular formula is C20H24N2O2S2.